The lowest BCUT2D eigenvalue weighted by atomic mass is 10.0. The van der Waals surface area contributed by atoms with Crippen LogP contribution < -0.4 is 14.8 Å². The first kappa shape index (κ1) is 18.5. The molecule has 0 saturated carbocycles. The van der Waals surface area contributed by atoms with Crippen LogP contribution in [0.25, 0.3) is 0 Å². The Bertz CT molecular complexity index is 764. The molecule has 2 aromatic carbocycles. The van der Waals surface area contributed by atoms with Crippen LogP contribution in [0.1, 0.15) is 24.4 Å². The fraction of sp³-hybridized carbons (Fsp3) is 0.350. The lowest BCUT2D eigenvalue weighted by Crippen LogP contribution is -2.33. The van der Waals surface area contributed by atoms with Crippen molar-refractivity contribution in [1.82, 2.24) is 4.90 Å². The first-order valence-electron chi connectivity index (χ1n) is 8.62. The number of rotatable bonds is 6. The van der Waals surface area contributed by atoms with Gasteiger partial charge in [0.2, 0.25) is 5.91 Å². The number of nitrogens with one attached hydrogen (secondary N) is 1. The maximum absolute atomic E-state index is 12.5. The summed E-state index contributed by atoms with van der Waals surface area (Å²) in [6.45, 7) is 1.20. The molecule has 0 aliphatic carbocycles. The van der Waals surface area contributed by atoms with Crippen molar-refractivity contribution in [1.29, 1.82) is 0 Å². The summed E-state index contributed by atoms with van der Waals surface area (Å²) in [5.41, 5.74) is 1.80. The molecule has 1 N–H and O–H groups in total. The van der Waals surface area contributed by atoms with Gasteiger partial charge in [0, 0.05) is 22.3 Å². The maximum Gasteiger partial charge on any atom is 0.238 e. The Morgan fingerprint density at radius 3 is 2.65 bits per heavy atom. The normalized spacial score (nSPS) is 17.1. The molecule has 6 heteroatoms. The first-order valence-corrected chi connectivity index (χ1v) is 9.00. The van der Waals surface area contributed by atoms with Gasteiger partial charge in [0.1, 0.15) is 11.5 Å². The van der Waals surface area contributed by atoms with E-state index in [0.717, 1.165) is 42.1 Å². The molecule has 1 aliphatic rings. The average Bonchev–Trinajstić information content (AvgIpc) is 3.10. The molecular weight excluding hydrogens is 352 g/mol. The Morgan fingerprint density at radius 1 is 1.19 bits per heavy atom. The molecule has 138 valence electrons. The molecule has 1 saturated heterocycles. The number of carbonyl (C=O) groups excluding carboxylic acids is 1. The molecule has 1 amide bonds. The van der Waals surface area contributed by atoms with Crippen molar-refractivity contribution in [3.8, 4) is 11.5 Å². The molecule has 1 aliphatic heterocycles. The van der Waals surface area contributed by atoms with Crippen molar-refractivity contribution in [3.05, 3.63) is 53.1 Å². The minimum atomic E-state index is -0.0407. The summed E-state index contributed by atoms with van der Waals surface area (Å²) < 4.78 is 10.9. The SMILES string of the molecule is COc1ccc(OC)c(C2CCCN2CC(=O)Nc2ccc(Cl)cc2)c1. The molecule has 0 radical (unpaired) electrons. The number of nitrogens with zero attached hydrogens (tertiary/aromatic N) is 1. The van der Waals surface area contributed by atoms with E-state index in [1.807, 2.05) is 18.2 Å². The van der Waals surface area contributed by atoms with Gasteiger partial charge in [0.25, 0.3) is 0 Å². The van der Waals surface area contributed by atoms with Gasteiger partial charge in [-0.2, -0.15) is 0 Å². The second kappa shape index (κ2) is 8.43. The molecule has 1 unspecified atom stereocenters. The van der Waals surface area contributed by atoms with Crippen molar-refractivity contribution < 1.29 is 14.3 Å². The van der Waals surface area contributed by atoms with E-state index in [2.05, 4.69) is 10.2 Å². The van der Waals surface area contributed by atoms with Gasteiger partial charge >= 0.3 is 0 Å². The highest BCUT2D eigenvalue weighted by atomic mass is 35.5. The fourth-order valence-electron chi connectivity index (χ4n) is 3.39. The number of hydrogen-bond donors (Lipinski definition) is 1. The highest BCUT2D eigenvalue weighted by molar-refractivity contribution is 6.30. The van der Waals surface area contributed by atoms with E-state index in [0.29, 0.717) is 11.6 Å². The van der Waals surface area contributed by atoms with E-state index in [1.165, 1.54) is 0 Å². The fourth-order valence-corrected chi connectivity index (χ4v) is 3.51. The number of ether oxygens (including phenoxy) is 2. The average molecular weight is 375 g/mol. The van der Waals surface area contributed by atoms with Crippen molar-refractivity contribution in [3.63, 3.8) is 0 Å². The summed E-state index contributed by atoms with van der Waals surface area (Å²) in [4.78, 5) is 14.6. The molecule has 5 nitrogen and oxygen atoms in total. The third-order valence-corrected chi connectivity index (χ3v) is 4.89. The Kier molecular flexibility index (Phi) is 6.01. The van der Waals surface area contributed by atoms with Crippen molar-refractivity contribution in [2.75, 3.05) is 32.6 Å². The summed E-state index contributed by atoms with van der Waals surface area (Å²) in [5.74, 6) is 1.57. The Morgan fingerprint density at radius 2 is 1.96 bits per heavy atom. The van der Waals surface area contributed by atoms with Crippen LogP contribution >= 0.6 is 11.6 Å². The molecule has 0 bridgehead atoms. The lowest BCUT2D eigenvalue weighted by molar-refractivity contribution is -0.117. The van der Waals surface area contributed by atoms with E-state index >= 15 is 0 Å². The van der Waals surface area contributed by atoms with Crippen LogP contribution in [0.4, 0.5) is 5.69 Å². The van der Waals surface area contributed by atoms with Gasteiger partial charge in [-0.1, -0.05) is 11.6 Å². The number of benzene rings is 2. The van der Waals surface area contributed by atoms with Crippen LogP contribution in [0.15, 0.2) is 42.5 Å². The summed E-state index contributed by atoms with van der Waals surface area (Å²) in [6.07, 6.45) is 2.02. The van der Waals surface area contributed by atoms with E-state index in [9.17, 15) is 4.79 Å². The molecular formula is C20H23ClN2O3. The molecule has 2 aromatic rings. The predicted octanol–water partition coefficient (Wildman–Crippen LogP) is 4.13. The summed E-state index contributed by atoms with van der Waals surface area (Å²) in [5, 5.41) is 3.57. The Balaban J connectivity index is 1.72. The van der Waals surface area contributed by atoms with Crippen LogP contribution in [0.3, 0.4) is 0 Å². The number of hydrogen-bond acceptors (Lipinski definition) is 4. The standard InChI is InChI=1S/C20H23ClN2O3/c1-25-16-9-10-19(26-2)17(12-16)18-4-3-11-23(18)13-20(24)22-15-7-5-14(21)6-8-15/h5-10,12,18H,3-4,11,13H2,1-2H3,(H,22,24). The zero-order chi connectivity index (χ0) is 18.5. The molecule has 26 heavy (non-hydrogen) atoms. The Labute approximate surface area is 158 Å². The quantitative estimate of drug-likeness (QED) is 0.825. The van der Waals surface area contributed by atoms with E-state index in [-0.39, 0.29) is 11.9 Å². The van der Waals surface area contributed by atoms with Gasteiger partial charge in [0.15, 0.2) is 0 Å². The number of halogens is 1. The zero-order valence-corrected chi connectivity index (χ0v) is 15.8. The van der Waals surface area contributed by atoms with Crippen LogP contribution in [0.2, 0.25) is 5.02 Å². The zero-order valence-electron chi connectivity index (χ0n) is 15.0. The minimum absolute atomic E-state index is 0.0407. The monoisotopic (exact) mass is 374 g/mol. The predicted molar refractivity (Wildman–Crippen MR) is 103 cm³/mol. The van der Waals surface area contributed by atoms with E-state index in [1.54, 1.807) is 38.5 Å². The smallest absolute Gasteiger partial charge is 0.238 e. The van der Waals surface area contributed by atoms with Crippen LogP contribution in [-0.4, -0.2) is 38.1 Å². The topological polar surface area (TPSA) is 50.8 Å². The molecule has 3 rings (SSSR count). The van der Waals surface area contributed by atoms with Gasteiger partial charge in [0.05, 0.1) is 20.8 Å². The van der Waals surface area contributed by atoms with Crippen LogP contribution in [0, 0.1) is 0 Å². The summed E-state index contributed by atoms with van der Waals surface area (Å²) in [7, 11) is 3.31. The van der Waals surface area contributed by atoms with Crippen molar-refractivity contribution in [2.45, 2.75) is 18.9 Å². The minimum Gasteiger partial charge on any atom is -0.497 e. The lowest BCUT2D eigenvalue weighted by Gasteiger charge is -2.26. The molecule has 1 heterocycles. The van der Waals surface area contributed by atoms with Crippen molar-refractivity contribution >= 4 is 23.2 Å². The number of methoxy groups -OCH3 is 2. The Hall–Kier alpha value is -2.24. The number of anilines is 1. The van der Waals surface area contributed by atoms with Gasteiger partial charge in [-0.25, -0.2) is 0 Å². The van der Waals surface area contributed by atoms with E-state index < -0.39 is 0 Å². The van der Waals surface area contributed by atoms with Crippen molar-refractivity contribution in [2.24, 2.45) is 0 Å². The highest BCUT2D eigenvalue weighted by Gasteiger charge is 2.30. The van der Waals surface area contributed by atoms with E-state index in [4.69, 9.17) is 21.1 Å². The molecule has 1 fully saturated rings. The third kappa shape index (κ3) is 4.29. The number of likely N-dealkylation sites (tertiary alicyclic amines) is 1. The molecule has 0 aromatic heterocycles. The third-order valence-electron chi connectivity index (χ3n) is 4.63. The maximum atomic E-state index is 12.5. The molecule has 1 atom stereocenters. The summed E-state index contributed by atoms with van der Waals surface area (Å²) >= 11 is 5.88. The molecule has 0 spiro atoms. The second-order valence-corrected chi connectivity index (χ2v) is 6.73. The van der Waals surface area contributed by atoms with Gasteiger partial charge in [-0.3, -0.25) is 9.69 Å². The first-order chi connectivity index (χ1) is 12.6. The van der Waals surface area contributed by atoms with Crippen LogP contribution in [-0.2, 0) is 4.79 Å². The number of carbonyl (C=O) groups is 1. The van der Waals surface area contributed by atoms with Gasteiger partial charge in [-0.15, -0.1) is 0 Å². The second-order valence-electron chi connectivity index (χ2n) is 6.29. The highest BCUT2D eigenvalue weighted by Crippen LogP contribution is 2.38. The summed E-state index contributed by atoms with van der Waals surface area (Å²) in [6, 6.07) is 13.1. The van der Waals surface area contributed by atoms with Crippen LogP contribution in [0.5, 0.6) is 11.5 Å². The number of amides is 1. The largest absolute Gasteiger partial charge is 0.497 e. The van der Waals surface area contributed by atoms with Gasteiger partial charge < -0.3 is 14.8 Å². The van der Waals surface area contributed by atoms with Gasteiger partial charge in [-0.05, 0) is 61.9 Å².